The van der Waals surface area contributed by atoms with E-state index >= 15 is 0 Å². The molecule has 5 N–H and O–H groups in total. The number of likely N-dealkylation sites (tertiary alicyclic amines) is 1. The molecule has 14 nitrogen and oxygen atoms in total. The summed E-state index contributed by atoms with van der Waals surface area (Å²) in [4.78, 5) is 51.4. The molecule has 0 radical (unpaired) electrons. The molecule has 5 atom stereocenters. The Morgan fingerprint density at radius 2 is 1.86 bits per heavy atom. The quantitative estimate of drug-likeness (QED) is 0.343. The van der Waals surface area contributed by atoms with E-state index in [2.05, 4.69) is 20.3 Å². The molecule has 4 fully saturated rings. The standard InChI is InChI=1S/C27H37N7O7.C2H6/c28-23-19-24(34(13-29-19)26-21(37)20(36)22(41-26)25(38)30-15-4-5-15)32-18(31-23)3-1-2-14-8-10-33(11-9-14)27(39)40-17-7-6-16(35)12-17;1-2/h13-15,17,20-22,26,36-37H,1-12H2,(H,30,38)(H2,28,31,32);1-2H3/t17?,20-,21?,22+,26-;/m1./s1. The van der Waals surface area contributed by atoms with Crippen LogP contribution in [0.3, 0.4) is 0 Å². The van der Waals surface area contributed by atoms with Crippen LogP contribution in [0, 0.1) is 5.92 Å². The molecule has 0 bridgehead atoms. The molecule has 4 heterocycles. The number of nitrogens with zero attached hydrogens (tertiary/aromatic N) is 5. The number of nitrogens with one attached hydrogen (secondary N) is 1. The predicted octanol–water partition coefficient (Wildman–Crippen LogP) is 1.63. The van der Waals surface area contributed by atoms with Gasteiger partial charge in [0.05, 0.1) is 6.33 Å². The topological polar surface area (TPSA) is 195 Å². The number of aliphatic hydroxyl groups excluding tert-OH is 2. The molecule has 43 heavy (non-hydrogen) atoms. The number of Topliss-reactive ketones (excluding diaryl/α,β-unsaturated/α-hetero) is 1. The second-order valence-electron chi connectivity index (χ2n) is 11.7. The highest BCUT2D eigenvalue weighted by atomic mass is 16.6. The van der Waals surface area contributed by atoms with Gasteiger partial charge >= 0.3 is 6.09 Å². The number of anilines is 1. The molecule has 14 heteroatoms. The van der Waals surface area contributed by atoms with Gasteiger partial charge in [0.2, 0.25) is 0 Å². The maximum atomic E-state index is 12.5. The van der Waals surface area contributed by atoms with Crippen LogP contribution in [0.5, 0.6) is 0 Å². The summed E-state index contributed by atoms with van der Waals surface area (Å²) in [5.41, 5.74) is 6.90. The summed E-state index contributed by atoms with van der Waals surface area (Å²) >= 11 is 0. The first-order valence-electron chi connectivity index (χ1n) is 15.5. The summed E-state index contributed by atoms with van der Waals surface area (Å²) in [6.45, 7) is 5.27. The third-order valence-electron chi connectivity index (χ3n) is 8.54. The van der Waals surface area contributed by atoms with Gasteiger partial charge in [-0.05, 0) is 50.9 Å². The zero-order valence-electron chi connectivity index (χ0n) is 24.9. The SMILES string of the molecule is CC.Nc1nc(CCCC2CCN(C(=O)OC3CCC(=O)C3)CC2)nc2c1ncn2[C@@H]1O[C@H](C(=O)NC2CC2)[C@H](O)C1O. The maximum absolute atomic E-state index is 12.5. The minimum Gasteiger partial charge on any atom is -0.446 e. The lowest BCUT2D eigenvalue weighted by Gasteiger charge is -2.32. The van der Waals surface area contributed by atoms with Crippen LogP contribution in [0.15, 0.2) is 6.33 Å². The first kappa shape index (κ1) is 31.1. The van der Waals surface area contributed by atoms with E-state index < -0.39 is 30.4 Å². The van der Waals surface area contributed by atoms with Crippen LogP contribution in [-0.2, 0) is 25.5 Å². The summed E-state index contributed by atoms with van der Waals surface area (Å²) in [7, 11) is 0. The van der Waals surface area contributed by atoms with Gasteiger partial charge in [-0.25, -0.2) is 19.7 Å². The van der Waals surface area contributed by atoms with Gasteiger partial charge in [0.25, 0.3) is 5.91 Å². The number of hydrogen-bond donors (Lipinski definition) is 4. The van der Waals surface area contributed by atoms with E-state index in [1.807, 2.05) is 13.8 Å². The Morgan fingerprint density at radius 3 is 2.53 bits per heavy atom. The fraction of sp³-hybridized carbons (Fsp3) is 0.724. The number of aryl methyl sites for hydroxylation is 1. The Kier molecular flexibility index (Phi) is 9.77. The van der Waals surface area contributed by atoms with E-state index in [0.717, 1.165) is 38.5 Å². The normalized spacial score (nSPS) is 27.7. The van der Waals surface area contributed by atoms with Gasteiger partial charge in [-0.15, -0.1) is 0 Å². The molecule has 236 valence electrons. The molecule has 2 aliphatic heterocycles. The van der Waals surface area contributed by atoms with Crippen LogP contribution in [0.25, 0.3) is 11.2 Å². The smallest absolute Gasteiger partial charge is 0.410 e. The summed E-state index contributed by atoms with van der Waals surface area (Å²) in [6, 6.07) is 0.0948. The number of piperidine rings is 1. The Bertz CT molecular complexity index is 1310. The molecular formula is C29H43N7O7. The minimum atomic E-state index is -1.39. The van der Waals surface area contributed by atoms with Crippen molar-refractivity contribution in [3.05, 3.63) is 12.2 Å². The minimum absolute atomic E-state index is 0.0948. The van der Waals surface area contributed by atoms with E-state index in [-0.39, 0.29) is 29.8 Å². The number of nitrogens with two attached hydrogens (primary N) is 1. The molecule has 2 aliphatic carbocycles. The van der Waals surface area contributed by atoms with Gasteiger partial charge in [0.15, 0.2) is 23.8 Å². The van der Waals surface area contributed by atoms with Gasteiger partial charge in [-0.3, -0.25) is 14.2 Å². The number of carbonyl (C=O) groups is 3. The van der Waals surface area contributed by atoms with Crippen LogP contribution in [-0.4, -0.2) is 96.0 Å². The molecule has 4 aliphatic rings. The maximum Gasteiger partial charge on any atom is 0.410 e. The molecular weight excluding hydrogens is 558 g/mol. The van der Waals surface area contributed by atoms with E-state index in [4.69, 9.17) is 15.2 Å². The summed E-state index contributed by atoms with van der Waals surface area (Å²) < 4.78 is 12.8. The van der Waals surface area contributed by atoms with Crippen molar-refractivity contribution in [3.63, 3.8) is 0 Å². The largest absolute Gasteiger partial charge is 0.446 e. The number of hydrogen-bond acceptors (Lipinski definition) is 11. The van der Waals surface area contributed by atoms with Crippen molar-refractivity contribution in [3.8, 4) is 0 Å². The molecule has 2 amide bonds. The number of rotatable bonds is 8. The highest BCUT2D eigenvalue weighted by Crippen LogP contribution is 2.33. The number of aliphatic hydroxyl groups is 2. The molecule has 6 rings (SSSR count). The number of imidazole rings is 1. The van der Waals surface area contributed by atoms with Gasteiger partial charge in [-0.2, -0.15) is 0 Å². The first-order valence-corrected chi connectivity index (χ1v) is 15.5. The number of nitrogen functional groups attached to an aromatic ring is 1. The van der Waals surface area contributed by atoms with E-state index in [0.29, 0.717) is 61.7 Å². The second-order valence-corrected chi connectivity index (χ2v) is 11.7. The Hall–Kier alpha value is -3.36. The van der Waals surface area contributed by atoms with Crippen molar-refractivity contribution >= 4 is 34.8 Å². The fourth-order valence-electron chi connectivity index (χ4n) is 5.95. The van der Waals surface area contributed by atoms with Crippen molar-refractivity contribution < 1.29 is 34.1 Å². The fourth-order valence-corrected chi connectivity index (χ4v) is 5.95. The van der Waals surface area contributed by atoms with Crippen LogP contribution >= 0.6 is 0 Å². The number of aromatic nitrogens is 4. The summed E-state index contributed by atoms with van der Waals surface area (Å²) in [5, 5.41) is 24.0. The third kappa shape index (κ3) is 7.07. The van der Waals surface area contributed by atoms with E-state index in [1.165, 1.54) is 10.9 Å². The third-order valence-corrected chi connectivity index (χ3v) is 8.54. The predicted molar refractivity (Wildman–Crippen MR) is 155 cm³/mol. The number of ether oxygens (including phenoxy) is 2. The molecule has 2 unspecified atom stereocenters. The number of amides is 2. The molecule has 0 aromatic carbocycles. The van der Waals surface area contributed by atoms with Gasteiger partial charge in [0, 0.05) is 38.4 Å². The average molecular weight is 602 g/mol. The Balaban J connectivity index is 0.00000180. The lowest BCUT2D eigenvalue weighted by molar-refractivity contribution is -0.137. The highest BCUT2D eigenvalue weighted by Gasteiger charge is 2.48. The van der Waals surface area contributed by atoms with Gasteiger partial charge in [-0.1, -0.05) is 13.8 Å². The van der Waals surface area contributed by atoms with Crippen molar-refractivity contribution in [2.45, 2.75) is 115 Å². The zero-order valence-corrected chi connectivity index (χ0v) is 24.9. The first-order chi connectivity index (χ1) is 20.8. The van der Waals surface area contributed by atoms with Gasteiger partial charge < -0.3 is 35.6 Å². The van der Waals surface area contributed by atoms with Crippen LogP contribution in [0.4, 0.5) is 10.6 Å². The van der Waals surface area contributed by atoms with Crippen LogP contribution in [0.1, 0.15) is 83.7 Å². The molecule has 2 aromatic rings. The summed E-state index contributed by atoms with van der Waals surface area (Å²) in [5.74, 6) is 0.895. The highest BCUT2D eigenvalue weighted by molar-refractivity contribution is 5.83. The number of ketones is 1. The monoisotopic (exact) mass is 601 g/mol. The molecule has 2 aromatic heterocycles. The molecule has 2 saturated carbocycles. The van der Waals surface area contributed by atoms with Crippen LogP contribution in [0.2, 0.25) is 0 Å². The number of fused-ring (bicyclic) bond motifs is 1. The molecule has 2 saturated heterocycles. The van der Waals surface area contributed by atoms with Crippen molar-refractivity contribution in [1.82, 2.24) is 29.7 Å². The van der Waals surface area contributed by atoms with Crippen molar-refractivity contribution in [2.24, 2.45) is 5.92 Å². The molecule has 0 spiro atoms. The second kappa shape index (κ2) is 13.5. The van der Waals surface area contributed by atoms with Crippen LogP contribution < -0.4 is 11.1 Å². The Labute approximate surface area is 250 Å². The average Bonchev–Trinajstić information content (AvgIpc) is 3.43. The lowest BCUT2D eigenvalue weighted by Crippen LogP contribution is -2.43. The van der Waals surface area contributed by atoms with Crippen molar-refractivity contribution in [1.29, 1.82) is 0 Å². The van der Waals surface area contributed by atoms with Gasteiger partial charge in [0.1, 0.15) is 35.4 Å². The van der Waals surface area contributed by atoms with E-state index in [1.54, 1.807) is 4.90 Å². The lowest BCUT2D eigenvalue weighted by atomic mass is 9.91. The Morgan fingerprint density at radius 1 is 1.12 bits per heavy atom. The summed E-state index contributed by atoms with van der Waals surface area (Å²) in [6.07, 6.45) is 3.12. The number of carbonyl (C=O) groups excluding carboxylic acids is 3. The van der Waals surface area contributed by atoms with Crippen molar-refractivity contribution in [2.75, 3.05) is 18.8 Å². The van der Waals surface area contributed by atoms with E-state index in [9.17, 15) is 24.6 Å². The zero-order chi connectivity index (χ0) is 30.7.